The Labute approximate surface area is 100.0 Å². The molecule has 1 atom stereocenters. The molecule has 0 spiro atoms. The fourth-order valence-electron chi connectivity index (χ4n) is 1.30. The van der Waals surface area contributed by atoms with Crippen molar-refractivity contribution in [2.45, 2.75) is 12.5 Å². The molecule has 1 aromatic heterocycles. The molecule has 0 aliphatic rings. The number of carbonyl (C=O) groups is 1. The van der Waals surface area contributed by atoms with E-state index in [1.54, 1.807) is 25.4 Å². The van der Waals surface area contributed by atoms with Gasteiger partial charge in [0.1, 0.15) is 0 Å². The Kier molecular flexibility index (Phi) is 5.82. The van der Waals surface area contributed by atoms with E-state index in [2.05, 4.69) is 10.3 Å². The van der Waals surface area contributed by atoms with Crippen molar-refractivity contribution in [3.8, 4) is 0 Å². The van der Waals surface area contributed by atoms with Crippen LogP contribution < -0.4 is 5.32 Å². The van der Waals surface area contributed by atoms with E-state index in [-0.39, 0.29) is 11.9 Å². The SMILES string of the molecule is COCC(CCCl)NC(=O)c1cccnc1. The van der Waals surface area contributed by atoms with Crippen LogP contribution in [0.3, 0.4) is 0 Å². The highest BCUT2D eigenvalue weighted by Gasteiger charge is 2.12. The Morgan fingerprint density at radius 1 is 1.69 bits per heavy atom. The fourth-order valence-corrected chi connectivity index (χ4v) is 1.56. The average Bonchev–Trinajstić information content (AvgIpc) is 2.31. The van der Waals surface area contributed by atoms with E-state index in [1.807, 2.05) is 0 Å². The normalized spacial score (nSPS) is 12.1. The molecule has 0 aromatic carbocycles. The number of ether oxygens (including phenoxy) is 1. The van der Waals surface area contributed by atoms with E-state index in [1.165, 1.54) is 6.20 Å². The topological polar surface area (TPSA) is 51.2 Å². The minimum absolute atomic E-state index is 0.0600. The van der Waals surface area contributed by atoms with Crippen LogP contribution in [0.25, 0.3) is 0 Å². The van der Waals surface area contributed by atoms with Gasteiger partial charge >= 0.3 is 0 Å². The van der Waals surface area contributed by atoms with Crippen molar-refractivity contribution in [1.29, 1.82) is 0 Å². The molecule has 1 rings (SSSR count). The number of carbonyl (C=O) groups excluding carboxylic acids is 1. The van der Waals surface area contributed by atoms with Gasteiger partial charge in [-0.3, -0.25) is 9.78 Å². The number of pyridine rings is 1. The number of halogens is 1. The average molecular weight is 243 g/mol. The summed E-state index contributed by atoms with van der Waals surface area (Å²) < 4.78 is 5.00. The van der Waals surface area contributed by atoms with Gasteiger partial charge in [0.05, 0.1) is 18.2 Å². The summed E-state index contributed by atoms with van der Waals surface area (Å²) in [6.07, 6.45) is 3.84. The highest BCUT2D eigenvalue weighted by molar-refractivity contribution is 6.17. The van der Waals surface area contributed by atoms with Crippen LogP contribution in [-0.4, -0.2) is 36.5 Å². The van der Waals surface area contributed by atoms with Crippen LogP contribution in [0.15, 0.2) is 24.5 Å². The van der Waals surface area contributed by atoms with Gasteiger partial charge in [-0.1, -0.05) is 0 Å². The Balaban J connectivity index is 2.54. The van der Waals surface area contributed by atoms with Crippen molar-refractivity contribution < 1.29 is 9.53 Å². The molecule has 0 radical (unpaired) electrons. The maximum Gasteiger partial charge on any atom is 0.253 e. The second-order valence-electron chi connectivity index (χ2n) is 3.35. The van der Waals surface area contributed by atoms with Gasteiger partial charge in [-0.15, -0.1) is 11.6 Å². The molecule has 1 N–H and O–H groups in total. The smallest absolute Gasteiger partial charge is 0.253 e. The quantitative estimate of drug-likeness (QED) is 0.769. The van der Waals surface area contributed by atoms with Crippen molar-refractivity contribution in [2.24, 2.45) is 0 Å². The van der Waals surface area contributed by atoms with E-state index < -0.39 is 0 Å². The second-order valence-corrected chi connectivity index (χ2v) is 3.72. The largest absolute Gasteiger partial charge is 0.383 e. The first-order chi connectivity index (χ1) is 7.77. The molecule has 0 aliphatic carbocycles. The van der Waals surface area contributed by atoms with Crippen LogP contribution in [0.1, 0.15) is 16.8 Å². The number of amides is 1. The summed E-state index contributed by atoms with van der Waals surface area (Å²) in [5.41, 5.74) is 0.540. The molecule has 1 heterocycles. The van der Waals surface area contributed by atoms with E-state index in [0.717, 1.165) is 0 Å². The summed E-state index contributed by atoms with van der Waals surface area (Å²) in [5, 5.41) is 2.85. The van der Waals surface area contributed by atoms with Gasteiger partial charge in [0.15, 0.2) is 0 Å². The standard InChI is InChI=1S/C11H15ClN2O2/c1-16-8-10(4-5-12)14-11(15)9-3-2-6-13-7-9/h2-3,6-7,10H,4-5,8H2,1H3,(H,14,15). The molecule has 0 saturated carbocycles. The zero-order chi connectivity index (χ0) is 11.8. The molecule has 4 nitrogen and oxygen atoms in total. The monoisotopic (exact) mass is 242 g/mol. The number of aromatic nitrogens is 1. The van der Waals surface area contributed by atoms with Gasteiger partial charge in [0, 0.05) is 25.4 Å². The van der Waals surface area contributed by atoms with Gasteiger partial charge in [0.2, 0.25) is 0 Å². The summed E-state index contributed by atoms with van der Waals surface area (Å²) in [6.45, 7) is 0.457. The first kappa shape index (κ1) is 12.9. The summed E-state index contributed by atoms with van der Waals surface area (Å²) >= 11 is 5.64. The molecule has 0 saturated heterocycles. The van der Waals surface area contributed by atoms with Gasteiger partial charge in [0.25, 0.3) is 5.91 Å². The molecule has 0 fully saturated rings. The molecule has 88 valence electrons. The number of rotatable bonds is 6. The van der Waals surface area contributed by atoms with Crippen molar-refractivity contribution in [3.05, 3.63) is 30.1 Å². The molecule has 1 unspecified atom stereocenters. The van der Waals surface area contributed by atoms with Crippen LogP contribution in [0.4, 0.5) is 0 Å². The number of hydrogen-bond donors (Lipinski definition) is 1. The Morgan fingerprint density at radius 3 is 3.06 bits per heavy atom. The molecule has 16 heavy (non-hydrogen) atoms. The van der Waals surface area contributed by atoms with Crippen LogP contribution in [0.2, 0.25) is 0 Å². The predicted molar refractivity (Wildman–Crippen MR) is 62.7 cm³/mol. The van der Waals surface area contributed by atoms with E-state index in [9.17, 15) is 4.79 Å². The predicted octanol–water partition coefficient (Wildman–Crippen LogP) is 1.46. The van der Waals surface area contributed by atoms with Gasteiger partial charge in [-0.05, 0) is 18.6 Å². The third kappa shape index (κ3) is 4.16. The molecule has 1 aromatic rings. The molecular weight excluding hydrogens is 228 g/mol. The lowest BCUT2D eigenvalue weighted by Gasteiger charge is -2.16. The van der Waals surface area contributed by atoms with Gasteiger partial charge in [-0.25, -0.2) is 0 Å². The van der Waals surface area contributed by atoms with Crippen molar-refractivity contribution >= 4 is 17.5 Å². The van der Waals surface area contributed by atoms with Gasteiger partial charge in [-0.2, -0.15) is 0 Å². The van der Waals surface area contributed by atoms with Crippen LogP contribution >= 0.6 is 11.6 Å². The summed E-state index contributed by atoms with van der Waals surface area (Å²) in [4.78, 5) is 15.6. The number of hydrogen-bond acceptors (Lipinski definition) is 3. The maximum absolute atomic E-state index is 11.8. The van der Waals surface area contributed by atoms with Crippen LogP contribution in [0, 0.1) is 0 Å². The molecule has 0 bridgehead atoms. The van der Waals surface area contributed by atoms with Crippen molar-refractivity contribution in [1.82, 2.24) is 10.3 Å². The zero-order valence-corrected chi connectivity index (χ0v) is 9.91. The Morgan fingerprint density at radius 2 is 2.50 bits per heavy atom. The zero-order valence-electron chi connectivity index (χ0n) is 9.15. The molecule has 5 heteroatoms. The summed E-state index contributed by atoms with van der Waals surface area (Å²) in [5.74, 6) is 0.335. The van der Waals surface area contributed by atoms with Crippen molar-refractivity contribution in [3.63, 3.8) is 0 Å². The van der Waals surface area contributed by atoms with Gasteiger partial charge < -0.3 is 10.1 Å². The van der Waals surface area contributed by atoms with Crippen LogP contribution in [0.5, 0.6) is 0 Å². The highest BCUT2D eigenvalue weighted by atomic mass is 35.5. The highest BCUT2D eigenvalue weighted by Crippen LogP contribution is 2.00. The maximum atomic E-state index is 11.8. The number of methoxy groups -OCH3 is 1. The minimum Gasteiger partial charge on any atom is -0.383 e. The lowest BCUT2D eigenvalue weighted by molar-refractivity contribution is 0.0895. The first-order valence-corrected chi connectivity index (χ1v) is 5.57. The Hall–Kier alpha value is -1.13. The fraction of sp³-hybridized carbons (Fsp3) is 0.455. The number of alkyl halides is 1. The Bertz CT molecular complexity index is 313. The number of nitrogens with zero attached hydrogens (tertiary/aromatic N) is 1. The van der Waals surface area contributed by atoms with E-state index in [0.29, 0.717) is 24.5 Å². The molecule has 1 amide bonds. The molecule has 0 aliphatic heterocycles. The summed E-state index contributed by atoms with van der Waals surface area (Å²) in [6, 6.07) is 3.38. The third-order valence-corrected chi connectivity index (χ3v) is 2.30. The second kappa shape index (κ2) is 7.19. The third-order valence-electron chi connectivity index (χ3n) is 2.08. The lowest BCUT2D eigenvalue weighted by Crippen LogP contribution is -2.38. The van der Waals surface area contributed by atoms with E-state index in [4.69, 9.17) is 16.3 Å². The first-order valence-electron chi connectivity index (χ1n) is 5.03. The summed E-state index contributed by atoms with van der Waals surface area (Å²) in [7, 11) is 1.59. The lowest BCUT2D eigenvalue weighted by atomic mass is 10.2. The van der Waals surface area contributed by atoms with Crippen molar-refractivity contribution in [2.75, 3.05) is 19.6 Å². The molecular formula is C11H15ClN2O2. The van der Waals surface area contributed by atoms with E-state index >= 15 is 0 Å². The number of nitrogens with one attached hydrogen (secondary N) is 1. The minimum atomic E-state index is -0.153. The van der Waals surface area contributed by atoms with Crippen LogP contribution in [-0.2, 0) is 4.74 Å².